The molecule has 27 heavy (non-hydrogen) atoms. The molecule has 2 aliphatic heterocycles. The Hall–Kier alpha value is -3.06. The van der Waals surface area contributed by atoms with Gasteiger partial charge in [0.1, 0.15) is 5.75 Å². The van der Waals surface area contributed by atoms with Crippen molar-refractivity contribution in [3.8, 4) is 5.75 Å². The van der Waals surface area contributed by atoms with E-state index in [2.05, 4.69) is 10.6 Å². The zero-order valence-corrected chi connectivity index (χ0v) is 15.0. The average Bonchev–Trinajstić information content (AvgIpc) is 3.03. The normalized spacial score (nSPS) is 18.6. The van der Waals surface area contributed by atoms with Gasteiger partial charge in [0.15, 0.2) is 6.61 Å². The summed E-state index contributed by atoms with van der Waals surface area (Å²) in [6.07, 6.45) is 0.128. The minimum Gasteiger partial charge on any atom is -0.482 e. The van der Waals surface area contributed by atoms with Crippen LogP contribution in [-0.2, 0) is 14.4 Å². The summed E-state index contributed by atoms with van der Waals surface area (Å²) < 4.78 is 5.30. The number of benzene rings is 2. The fourth-order valence-corrected chi connectivity index (χ4v) is 3.37. The molecule has 7 nitrogen and oxygen atoms in total. The summed E-state index contributed by atoms with van der Waals surface area (Å²) in [5.41, 5.74) is 1.71. The summed E-state index contributed by atoms with van der Waals surface area (Å²) in [7, 11) is 0. The van der Waals surface area contributed by atoms with E-state index in [-0.39, 0.29) is 37.3 Å². The van der Waals surface area contributed by atoms with Gasteiger partial charge in [0.25, 0.3) is 5.91 Å². The van der Waals surface area contributed by atoms with E-state index in [1.165, 1.54) is 0 Å². The van der Waals surface area contributed by atoms with Crippen LogP contribution in [0.15, 0.2) is 42.5 Å². The Morgan fingerprint density at radius 1 is 1.22 bits per heavy atom. The molecule has 0 aliphatic carbocycles. The minimum absolute atomic E-state index is 0.0256. The minimum atomic E-state index is -0.474. The number of anilines is 3. The highest BCUT2D eigenvalue weighted by Gasteiger charge is 2.35. The van der Waals surface area contributed by atoms with Crippen LogP contribution in [-0.4, -0.2) is 30.9 Å². The van der Waals surface area contributed by atoms with Crippen LogP contribution in [0.1, 0.15) is 6.42 Å². The van der Waals surface area contributed by atoms with Crippen molar-refractivity contribution in [1.29, 1.82) is 0 Å². The van der Waals surface area contributed by atoms with Crippen LogP contribution >= 0.6 is 11.6 Å². The lowest BCUT2D eigenvalue weighted by Gasteiger charge is -2.19. The average molecular weight is 386 g/mol. The lowest BCUT2D eigenvalue weighted by atomic mass is 10.1. The van der Waals surface area contributed by atoms with Crippen molar-refractivity contribution in [2.24, 2.45) is 5.92 Å². The first-order valence-electron chi connectivity index (χ1n) is 8.43. The van der Waals surface area contributed by atoms with E-state index < -0.39 is 5.92 Å². The zero-order valence-electron chi connectivity index (χ0n) is 14.2. The molecule has 0 aromatic heterocycles. The summed E-state index contributed by atoms with van der Waals surface area (Å²) in [6, 6.07) is 12.0. The molecule has 0 spiro atoms. The largest absolute Gasteiger partial charge is 0.482 e. The van der Waals surface area contributed by atoms with E-state index in [9.17, 15) is 14.4 Å². The second-order valence-corrected chi connectivity index (χ2v) is 6.86. The number of carbonyl (C=O) groups excluding carboxylic acids is 3. The van der Waals surface area contributed by atoms with Crippen LogP contribution in [0, 0.1) is 5.92 Å². The molecule has 1 unspecified atom stereocenters. The first-order chi connectivity index (χ1) is 13.0. The van der Waals surface area contributed by atoms with E-state index >= 15 is 0 Å². The lowest BCUT2D eigenvalue weighted by Crippen LogP contribution is -2.28. The maximum Gasteiger partial charge on any atom is 0.262 e. The molecule has 4 rings (SSSR count). The van der Waals surface area contributed by atoms with Gasteiger partial charge in [-0.1, -0.05) is 17.7 Å². The Morgan fingerprint density at radius 3 is 2.89 bits per heavy atom. The summed E-state index contributed by atoms with van der Waals surface area (Å²) in [5, 5.41) is 6.03. The number of amides is 3. The Morgan fingerprint density at radius 2 is 2.07 bits per heavy atom. The Kier molecular flexibility index (Phi) is 4.45. The van der Waals surface area contributed by atoms with Gasteiger partial charge in [0, 0.05) is 29.4 Å². The number of nitrogens with one attached hydrogen (secondary N) is 2. The summed E-state index contributed by atoms with van der Waals surface area (Å²) in [4.78, 5) is 37.9. The van der Waals surface area contributed by atoms with Crippen LogP contribution < -0.4 is 20.3 Å². The molecule has 0 saturated carbocycles. The molecule has 2 N–H and O–H groups in total. The Balaban J connectivity index is 1.45. The molecule has 1 atom stereocenters. The predicted molar refractivity (Wildman–Crippen MR) is 101 cm³/mol. The van der Waals surface area contributed by atoms with Crippen LogP contribution in [0.3, 0.4) is 0 Å². The van der Waals surface area contributed by atoms with E-state index in [1.54, 1.807) is 47.4 Å². The molecule has 2 aliphatic rings. The van der Waals surface area contributed by atoms with E-state index in [4.69, 9.17) is 16.3 Å². The van der Waals surface area contributed by atoms with E-state index in [1.807, 2.05) is 0 Å². The topological polar surface area (TPSA) is 87.7 Å². The zero-order chi connectivity index (χ0) is 19.0. The third kappa shape index (κ3) is 3.59. The molecule has 0 bridgehead atoms. The van der Waals surface area contributed by atoms with Crippen molar-refractivity contribution in [2.75, 3.05) is 28.7 Å². The number of rotatable bonds is 3. The highest BCUT2D eigenvalue weighted by atomic mass is 35.5. The standard InChI is InChI=1S/C19H16ClN3O4/c20-12-2-1-3-14(7-12)23-9-11(6-18(23)25)19(26)21-13-4-5-16-15(8-13)22-17(24)10-27-16/h1-5,7-8,11H,6,9-10H2,(H,21,26)(H,22,24). The monoisotopic (exact) mass is 385 g/mol. The van der Waals surface area contributed by atoms with Gasteiger partial charge in [-0.3, -0.25) is 14.4 Å². The summed E-state index contributed by atoms with van der Waals surface area (Å²) in [5.74, 6) is -0.543. The number of hydrogen-bond acceptors (Lipinski definition) is 4. The predicted octanol–water partition coefficient (Wildman–Crippen LogP) is 2.66. The maximum absolute atomic E-state index is 12.6. The van der Waals surface area contributed by atoms with Crippen molar-refractivity contribution in [3.05, 3.63) is 47.5 Å². The van der Waals surface area contributed by atoms with Gasteiger partial charge in [0.05, 0.1) is 11.6 Å². The highest BCUT2D eigenvalue weighted by molar-refractivity contribution is 6.31. The van der Waals surface area contributed by atoms with Crippen molar-refractivity contribution < 1.29 is 19.1 Å². The second-order valence-electron chi connectivity index (χ2n) is 6.42. The molecule has 1 fully saturated rings. The lowest BCUT2D eigenvalue weighted by molar-refractivity contribution is -0.122. The first kappa shape index (κ1) is 17.4. The fraction of sp³-hybridized carbons (Fsp3) is 0.211. The van der Waals surface area contributed by atoms with Crippen LogP contribution in [0.4, 0.5) is 17.1 Å². The first-order valence-corrected chi connectivity index (χ1v) is 8.81. The molecule has 1 saturated heterocycles. The molecule has 2 heterocycles. The van der Waals surface area contributed by atoms with Crippen molar-refractivity contribution in [1.82, 2.24) is 0 Å². The number of ether oxygens (including phenoxy) is 1. The Bertz CT molecular complexity index is 946. The number of nitrogens with zero attached hydrogens (tertiary/aromatic N) is 1. The number of carbonyl (C=O) groups is 3. The SMILES string of the molecule is O=C1COc2ccc(NC(=O)C3CC(=O)N(c4cccc(Cl)c4)C3)cc2N1. The van der Waals surface area contributed by atoms with Gasteiger partial charge in [0.2, 0.25) is 11.8 Å². The fourth-order valence-electron chi connectivity index (χ4n) is 3.18. The van der Waals surface area contributed by atoms with Gasteiger partial charge in [-0.05, 0) is 36.4 Å². The molecule has 8 heteroatoms. The number of fused-ring (bicyclic) bond motifs is 1. The molecule has 0 radical (unpaired) electrons. The van der Waals surface area contributed by atoms with Gasteiger partial charge in [-0.25, -0.2) is 0 Å². The molecular formula is C19H16ClN3O4. The third-order valence-corrected chi connectivity index (χ3v) is 4.73. The quantitative estimate of drug-likeness (QED) is 0.850. The van der Waals surface area contributed by atoms with E-state index in [0.717, 1.165) is 0 Å². The molecule has 3 amide bonds. The van der Waals surface area contributed by atoms with Gasteiger partial charge in [-0.15, -0.1) is 0 Å². The third-order valence-electron chi connectivity index (χ3n) is 4.50. The van der Waals surface area contributed by atoms with E-state index in [0.29, 0.717) is 27.8 Å². The molecular weight excluding hydrogens is 370 g/mol. The number of halogens is 1. The maximum atomic E-state index is 12.6. The van der Waals surface area contributed by atoms with Crippen LogP contribution in [0.5, 0.6) is 5.75 Å². The van der Waals surface area contributed by atoms with Gasteiger partial charge >= 0.3 is 0 Å². The summed E-state index contributed by atoms with van der Waals surface area (Å²) in [6.45, 7) is 0.262. The van der Waals surface area contributed by atoms with Crippen LogP contribution in [0.2, 0.25) is 5.02 Å². The van der Waals surface area contributed by atoms with Gasteiger partial charge in [-0.2, -0.15) is 0 Å². The second kappa shape index (κ2) is 6.92. The smallest absolute Gasteiger partial charge is 0.262 e. The van der Waals surface area contributed by atoms with Crippen molar-refractivity contribution in [3.63, 3.8) is 0 Å². The molecule has 2 aromatic rings. The highest BCUT2D eigenvalue weighted by Crippen LogP contribution is 2.32. The Labute approximate surface area is 160 Å². The van der Waals surface area contributed by atoms with Gasteiger partial charge < -0.3 is 20.3 Å². The molecule has 2 aromatic carbocycles. The van der Waals surface area contributed by atoms with Crippen LogP contribution in [0.25, 0.3) is 0 Å². The number of hydrogen-bond donors (Lipinski definition) is 2. The molecule has 138 valence electrons. The van der Waals surface area contributed by atoms with Crippen molar-refractivity contribution >= 4 is 46.4 Å². The van der Waals surface area contributed by atoms with Crippen molar-refractivity contribution in [2.45, 2.75) is 6.42 Å². The summed E-state index contributed by atoms with van der Waals surface area (Å²) >= 11 is 5.99.